The van der Waals surface area contributed by atoms with Gasteiger partial charge in [-0.1, -0.05) is 6.07 Å². The van der Waals surface area contributed by atoms with Gasteiger partial charge in [-0.2, -0.15) is 11.8 Å². The molecule has 5 heteroatoms. The van der Waals surface area contributed by atoms with Crippen molar-refractivity contribution in [1.29, 1.82) is 0 Å². The molecule has 0 amide bonds. The zero-order chi connectivity index (χ0) is 14.4. The van der Waals surface area contributed by atoms with E-state index in [-0.39, 0.29) is 0 Å². The van der Waals surface area contributed by atoms with E-state index in [0.717, 1.165) is 24.2 Å². The highest BCUT2D eigenvalue weighted by molar-refractivity contribution is 7.99. The van der Waals surface area contributed by atoms with Crippen LogP contribution in [0.15, 0.2) is 18.2 Å². The van der Waals surface area contributed by atoms with E-state index in [9.17, 15) is 9.90 Å². The molecule has 21 heavy (non-hydrogen) atoms. The summed E-state index contributed by atoms with van der Waals surface area (Å²) in [6.45, 7) is 0. The second-order valence-electron chi connectivity index (χ2n) is 5.94. The van der Waals surface area contributed by atoms with Crippen molar-refractivity contribution in [3.63, 3.8) is 0 Å². The lowest BCUT2D eigenvalue weighted by Gasteiger charge is -2.25. The van der Waals surface area contributed by atoms with Crippen molar-refractivity contribution in [2.45, 2.75) is 37.6 Å². The Morgan fingerprint density at radius 1 is 1.24 bits per heavy atom. The van der Waals surface area contributed by atoms with Crippen LogP contribution in [0.2, 0.25) is 0 Å². The van der Waals surface area contributed by atoms with E-state index in [2.05, 4.69) is 4.57 Å². The van der Waals surface area contributed by atoms with E-state index in [4.69, 9.17) is 4.98 Å². The van der Waals surface area contributed by atoms with E-state index in [0.29, 0.717) is 23.0 Å². The molecule has 1 N–H and O–H groups in total. The maximum atomic E-state index is 11.4. The standard InChI is InChI=1S/C16H18N2O2S/c19-16(20)12-2-1-3-13-14(12)17-15(10-4-5-10)18(13)11-6-8-21-9-7-11/h1-3,10-11H,4-9H2,(H,19,20). The van der Waals surface area contributed by atoms with E-state index >= 15 is 0 Å². The number of imidazole rings is 1. The second-order valence-corrected chi connectivity index (χ2v) is 7.16. The van der Waals surface area contributed by atoms with E-state index in [1.165, 1.54) is 24.3 Å². The predicted molar refractivity (Wildman–Crippen MR) is 84.3 cm³/mol. The number of carbonyl (C=O) groups is 1. The summed E-state index contributed by atoms with van der Waals surface area (Å²) < 4.78 is 2.36. The molecule has 2 fully saturated rings. The van der Waals surface area contributed by atoms with Crippen molar-refractivity contribution in [3.05, 3.63) is 29.6 Å². The van der Waals surface area contributed by atoms with Crippen LogP contribution in [0.25, 0.3) is 11.0 Å². The Kier molecular flexibility index (Phi) is 3.17. The third kappa shape index (κ3) is 2.24. The lowest BCUT2D eigenvalue weighted by Crippen LogP contribution is -2.17. The van der Waals surface area contributed by atoms with Crippen molar-refractivity contribution in [2.24, 2.45) is 0 Å². The Bertz CT molecular complexity index is 700. The molecular weight excluding hydrogens is 284 g/mol. The molecule has 4 rings (SSSR count). The number of para-hydroxylation sites is 1. The number of hydrogen-bond donors (Lipinski definition) is 1. The molecule has 0 unspecified atom stereocenters. The minimum Gasteiger partial charge on any atom is -0.478 e. The molecule has 1 saturated heterocycles. The third-order valence-electron chi connectivity index (χ3n) is 4.48. The fourth-order valence-corrected chi connectivity index (χ4v) is 4.35. The number of benzene rings is 1. The number of aromatic carboxylic acids is 1. The molecular formula is C16H18N2O2S. The third-order valence-corrected chi connectivity index (χ3v) is 5.53. The summed E-state index contributed by atoms with van der Waals surface area (Å²) >= 11 is 2.01. The van der Waals surface area contributed by atoms with Crippen molar-refractivity contribution >= 4 is 28.8 Å². The number of rotatable bonds is 3. The monoisotopic (exact) mass is 302 g/mol. The maximum Gasteiger partial charge on any atom is 0.337 e. The van der Waals surface area contributed by atoms with Gasteiger partial charge in [0.15, 0.2) is 0 Å². The van der Waals surface area contributed by atoms with Crippen molar-refractivity contribution in [1.82, 2.24) is 9.55 Å². The molecule has 2 aromatic rings. The number of nitrogens with zero attached hydrogens (tertiary/aromatic N) is 2. The van der Waals surface area contributed by atoms with Gasteiger partial charge in [0, 0.05) is 12.0 Å². The molecule has 2 heterocycles. The van der Waals surface area contributed by atoms with Gasteiger partial charge >= 0.3 is 5.97 Å². The molecule has 110 valence electrons. The highest BCUT2D eigenvalue weighted by Gasteiger charge is 2.33. The first-order valence-corrected chi connectivity index (χ1v) is 8.73. The quantitative estimate of drug-likeness (QED) is 0.939. The van der Waals surface area contributed by atoms with Crippen LogP contribution in [0.1, 0.15) is 53.8 Å². The lowest BCUT2D eigenvalue weighted by atomic mass is 10.1. The van der Waals surface area contributed by atoms with Crippen LogP contribution in [-0.2, 0) is 0 Å². The molecule has 0 spiro atoms. The minimum atomic E-state index is -0.883. The first kappa shape index (κ1) is 13.2. The van der Waals surface area contributed by atoms with E-state index in [1.54, 1.807) is 6.07 Å². The van der Waals surface area contributed by atoms with Gasteiger partial charge in [-0.05, 0) is 49.3 Å². The van der Waals surface area contributed by atoms with Gasteiger partial charge in [0.2, 0.25) is 0 Å². The second kappa shape index (κ2) is 5.05. The summed E-state index contributed by atoms with van der Waals surface area (Å²) in [4.78, 5) is 16.2. The van der Waals surface area contributed by atoms with Crippen molar-refractivity contribution < 1.29 is 9.90 Å². The van der Waals surface area contributed by atoms with Gasteiger partial charge in [-0.15, -0.1) is 0 Å². The van der Waals surface area contributed by atoms with Crippen LogP contribution in [0.4, 0.5) is 0 Å². The molecule has 4 nitrogen and oxygen atoms in total. The fraction of sp³-hybridized carbons (Fsp3) is 0.500. The van der Waals surface area contributed by atoms with Crippen LogP contribution in [0, 0.1) is 0 Å². The smallest absolute Gasteiger partial charge is 0.337 e. The van der Waals surface area contributed by atoms with Crippen molar-refractivity contribution in [3.8, 4) is 0 Å². The van der Waals surface area contributed by atoms with Gasteiger partial charge in [0.25, 0.3) is 0 Å². The molecule has 0 atom stereocenters. The molecule has 2 aliphatic rings. The largest absolute Gasteiger partial charge is 0.478 e. The van der Waals surface area contributed by atoms with Crippen LogP contribution in [0.5, 0.6) is 0 Å². The Morgan fingerprint density at radius 3 is 2.67 bits per heavy atom. The number of hydrogen-bond acceptors (Lipinski definition) is 3. The number of carboxylic acids is 1. The summed E-state index contributed by atoms with van der Waals surface area (Å²) in [5.74, 6) is 3.15. The Morgan fingerprint density at radius 2 is 2.00 bits per heavy atom. The highest BCUT2D eigenvalue weighted by Crippen LogP contribution is 2.43. The van der Waals surface area contributed by atoms with Crippen molar-refractivity contribution in [2.75, 3.05) is 11.5 Å². The summed E-state index contributed by atoms with van der Waals surface area (Å²) in [5, 5.41) is 9.39. The molecule has 1 aromatic heterocycles. The number of thioether (sulfide) groups is 1. The van der Waals surface area contributed by atoms with Crippen LogP contribution < -0.4 is 0 Å². The van der Waals surface area contributed by atoms with Gasteiger partial charge < -0.3 is 9.67 Å². The van der Waals surface area contributed by atoms with Crippen LogP contribution >= 0.6 is 11.8 Å². The first-order valence-electron chi connectivity index (χ1n) is 7.57. The summed E-state index contributed by atoms with van der Waals surface area (Å²) in [5.41, 5.74) is 2.01. The first-order chi connectivity index (χ1) is 10.3. The van der Waals surface area contributed by atoms with Gasteiger partial charge in [-0.25, -0.2) is 9.78 Å². The molecule has 0 bridgehead atoms. The van der Waals surface area contributed by atoms with Gasteiger partial charge in [0.1, 0.15) is 11.3 Å². The average Bonchev–Trinajstić information content (AvgIpc) is 3.27. The SMILES string of the molecule is O=C(O)c1cccc2c1nc(C1CC1)n2C1CCSCC1. The summed E-state index contributed by atoms with van der Waals surface area (Å²) in [6.07, 6.45) is 4.70. The molecule has 1 aliphatic heterocycles. The zero-order valence-electron chi connectivity index (χ0n) is 11.8. The van der Waals surface area contributed by atoms with E-state index in [1.807, 2.05) is 23.9 Å². The Labute approximate surface area is 127 Å². The normalized spacial score (nSPS) is 20.0. The predicted octanol–water partition coefficient (Wildman–Crippen LogP) is 3.68. The summed E-state index contributed by atoms with van der Waals surface area (Å²) in [6, 6.07) is 6.02. The highest BCUT2D eigenvalue weighted by atomic mass is 32.2. The molecule has 1 aromatic carbocycles. The number of fused-ring (bicyclic) bond motifs is 1. The zero-order valence-corrected chi connectivity index (χ0v) is 12.6. The Hall–Kier alpha value is -1.49. The topological polar surface area (TPSA) is 55.1 Å². The number of aromatic nitrogens is 2. The van der Waals surface area contributed by atoms with E-state index < -0.39 is 5.97 Å². The molecule has 1 aliphatic carbocycles. The summed E-state index contributed by atoms with van der Waals surface area (Å²) in [7, 11) is 0. The fourth-order valence-electron chi connectivity index (χ4n) is 3.26. The molecule has 0 radical (unpaired) electrons. The lowest BCUT2D eigenvalue weighted by molar-refractivity contribution is 0.0699. The van der Waals surface area contributed by atoms with Crippen LogP contribution in [0.3, 0.4) is 0 Å². The van der Waals surface area contributed by atoms with Gasteiger partial charge in [-0.3, -0.25) is 0 Å². The van der Waals surface area contributed by atoms with Crippen LogP contribution in [-0.4, -0.2) is 32.1 Å². The minimum absolute atomic E-state index is 0.332. The average molecular weight is 302 g/mol. The maximum absolute atomic E-state index is 11.4. The Balaban J connectivity index is 1.91. The van der Waals surface area contributed by atoms with Gasteiger partial charge in [0.05, 0.1) is 11.1 Å². The molecule has 1 saturated carbocycles. The number of carboxylic acid groups (broad SMARTS) is 1.